The Balaban J connectivity index is 1.64. The lowest BCUT2D eigenvalue weighted by molar-refractivity contribution is -0.384. The van der Waals surface area contributed by atoms with Gasteiger partial charge in [0.15, 0.2) is 0 Å². The van der Waals surface area contributed by atoms with Gasteiger partial charge < -0.3 is 10.2 Å². The van der Waals surface area contributed by atoms with Crippen molar-refractivity contribution in [2.45, 2.75) is 31.8 Å². The molecular weight excluding hydrogens is 398 g/mol. The Morgan fingerprint density at radius 3 is 2.81 bits per heavy atom. The summed E-state index contributed by atoms with van der Waals surface area (Å²) in [6.45, 7) is 1.31. The number of hydrogen-bond acceptors (Lipinski definition) is 4. The molecule has 0 spiro atoms. The van der Waals surface area contributed by atoms with Crippen molar-refractivity contribution in [2.75, 3.05) is 11.4 Å². The number of benzene rings is 2. The maximum atomic E-state index is 12.2. The van der Waals surface area contributed by atoms with Crippen molar-refractivity contribution in [1.29, 1.82) is 0 Å². The first-order chi connectivity index (χ1) is 12.5. The van der Waals surface area contributed by atoms with Gasteiger partial charge in [0, 0.05) is 35.2 Å². The van der Waals surface area contributed by atoms with Gasteiger partial charge in [-0.3, -0.25) is 14.9 Å². The highest BCUT2D eigenvalue weighted by atomic mass is 79.9. The maximum Gasteiger partial charge on any atom is 0.293 e. The first-order valence-corrected chi connectivity index (χ1v) is 9.43. The third kappa shape index (κ3) is 3.31. The van der Waals surface area contributed by atoms with Gasteiger partial charge in [-0.1, -0.05) is 28.1 Å². The normalized spacial score (nSPS) is 16.1. The van der Waals surface area contributed by atoms with Crippen molar-refractivity contribution in [3.05, 3.63) is 67.7 Å². The first-order valence-electron chi connectivity index (χ1n) is 8.63. The number of halogens is 1. The second-order valence-electron chi connectivity index (χ2n) is 6.76. The second kappa shape index (κ2) is 6.72. The summed E-state index contributed by atoms with van der Waals surface area (Å²) >= 11 is 3.58. The summed E-state index contributed by atoms with van der Waals surface area (Å²) in [5.74, 6) is -0.242. The summed E-state index contributed by atoms with van der Waals surface area (Å²) in [5.41, 5.74) is 3.29. The Labute approximate surface area is 159 Å². The molecule has 0 radical (unpaired) electrons. The summed E-state index contributed by atoms with van der Waals surface area (Å²) in [6.07, 6.45) is 2.79. The average Bonchev–Trinajstić information content (AvgIpc) is 3.45. The zero-order valence-corrected chi connectivity index (χ0v) is 15.7. The maximum absolute atomic E-state index is 12.2. The number of carbonyl (C=O) groups is 1. The highest BCUT2D eigenvalue weighted by Crippen LogP contribution is 2.35. The van der Waals surface area contributed by atoms with E-state index in [0.29, 0.717) is 24.3 Å². The number of carbonyl (C=O) groups excluding carboxylic acids is 1. The quantitative estimate of drug-likeness (QED) is 0.608. The molecule has 1 saturated carbocycles. The Morgan fingerprint density at radius 1 is 1.27 bits per heavy atom. The monoisotopic (exact) mass is 415 g/mol. The number of nitrogens with one attached hydrogen (secondary N) is 1. The Hall–Kier alpha value is -2.41. The Morgan fingerprint density at radius 2 is 2.08 bits per heavy atom. The number of hydrogen-bond donors (Lipinski definition) is 1. The smallest absolute Gasteiger partial charge is 0.293 e. The van der Waals surface area contributed by atoms with Crippen LogP contribution in [0.3, 0.4) is 0 Å². The molecule has 4 rings (SSSR count). The lowest BCUT2D eigenvalue weighted by Gasteiger charge is -2.31. The van der Waals surface area contributed by atoms with Gasteiger partial charge in [0.2, 0.25) is 0 Å². The molecule has 0 aromatic heterocycles. The minimum Gasteiger partial charge on any atom is -0.361 e. The highest BCUT2D eigenvalue weighted by molar-refractivity contribution is 9.10. The summed E-state index contributed by atoms with van der Waals surface area (Å²) in [6, 6.07) is 11.1. The van der Waals surface area contributed by atoms with E-state index in [1.807, 2.05) is 17.0 Å². The molecule has 1 amide bonds. The number of fused-ring (bicyclic) bond motifs is 1. The van der Waals surface area contributed by atoms with Crippen LogP contribution in [0.1, 0.15) is 34.3 Å². The van der Waals surface area contributed by atoms with E-state index in [9.17, 15) is 14.9 Å². The third-order valence-electron chi connectivity index (χ3n) is 4.90. The summed E-state index contributed by atoms with van der Waals surface area (Å²) in [5, 5.41) is 14.5. The van der Waals surface area contributed by atoms with Crippen molar-refractivity contribution in [1.82, 2.24) is 5.32 Å². The van der Waals surface area contributed by atoms with E-state index in [-0.39, 0.29) is 17.6 Å². The molecule has 0 unspecified atom stereocenters. The lowest BCUT2D eigenvalue weighted by Crippen LogP contribution is -2.31. The molecule has 1 aliphatic carbocycles. The van der Waals surface area contributed by atoms with Crippen molar-refractivity contribution < 1.29 is 9.72 Å². The van der Waals surface area contributed by atoms with Crippen LogP contribution in [0.5, 0.6) is 0 Å². The fraction of sp³-hybridized carbons (Fsp3) is 0.316. The van der Waals surface area contributed by atoms with Crippen LogP contribution < -0.4 is 10.2 Å². The molecule has 7 heteroatoms. The van der Waals surface area contributed by atoms with Crippen LogP contribution in [0.4, 0.5) is 11.4 Å². The van der Waals surface area contributed by atoms with Gasteiger partial charge in [-0.2, -0.15) is 0 Å². The zero-order valence-electron chi connectivity index (χ0n) is 14.1. The van der Waals surface area contributed by atoms with E-state index in [4.69, 9.17) is 0 Å². The molecule has 1 heterocycles. The summed E-state index contributed by atoms with van der Waals surface area (Å²) < 4.78 is 1.02. The van der Waals surface area contributed by atoms with E-state index >= 15 is 0 Å². The van der Waals surface area contributed by atoms with Gasteiger partial charge in [-0.25, -0.2) is 0 Å². The van der Waals surface area contributed by atoms with Gasteiger partial charge in [0.25, 0.3) is 11.6 Å². The van der Waals surface area contributed by atoms with Gasteiger partial charge in [0.05, 0.1) is 4.92 Å². The molecule has 0 saturated heterocycles. The number of nitro groups is 1. The molecule has 0 bridgehead atoms. The molecule has 1 aliphatic heterocycles. The van der Waals surface area contributed by atoms with Crippen LogP contribution in [0.15, 0.2) is 40.9 Å². The van der Waals surface area contributed by atoms with Crippen LogP contribution in [0.25, 0.3) is 0 Å². The number of amides is 1. The van der Waals surface area contributed by atoms with Crippen LogP contribution in [-0.2, 0) is 13.0 Å². The fourth-order valence-corrected chi connectivity index (χ4v) is 3.85. The molecule has 26 heavy (non-hydrogen) atoms. The average molecular weight is 416 g/mol. The molecule has 2 aromatic carbocycles. The second-order valence-corrected chi connectivity index (χ2v) is 7.61. The molecule has 2 aliphatic rings. The van der Waals surface area contributed by atoms with Gasteiger partial charge in [0.1, 0.15) is 5.69 Å². The van der Waals surface area contributed by atoms with Crippen molar-refractivity contribution >= 4 is 33.2 Å². The zero-order chi connectivity index (χ0) is 18.3. The molecule has 1 fully saturated rings. The van der Waals surface area contributed by atoms with Crippen LogP contribution in [-0.4, -0.2) is 23.4 Å². The van der Waals surface area contributed by atoms with E-state index in [1.54, 1.807) is 12.1 Å². The largest absolute Gasteiger partial charge is 0.361 e. The Bertz CT molecular complexity index is 896. The predicted molar refractivity (Wildman–Crippen MR) is 102 cm³/mol. The molecule has 0 atom stereocenters. The van der Waals surface area contributed by atoms with Crippen molar-refractivity contribution in [3.8, 4) is 0 Å². The third-order valence-corrected chi connectivity index (χ3v) is 5.65. The SMILES string of the molecule is O=C(NC1CC1)c1ccc(N2CCc3cccc(Br)c3C2)c([N+](=O)[O-])c1. The molecule has 6 nitrogen and oxygen atoms in total. The van der Waals surface area contributed by atoms with Gasteiger partial charge in [-0.15, -0.1) is 0 Å². The number of nitrogens with zero attached hydrogens (tertiary/aromatic N) is 2. The van der Waals surface area contributed by atoms with Gasteiger partial charge in [-0.05, 0) is 48.6 Å². The number of nitro benzene ring substituents is 1. The minimum atomic E-state index is -0.404. The summed E-state index contributed by atoms with van der Waals surface area (Å²) in [4.78, 5) is 25.4. The Kier molecular flexibility index (Phi) is 4.40. The molecule has 134 valence electrons. The topological polar surface area (TPSA) is 75.5 Å². The lowest BCUT2D eigenvalue weighted by atomic mass is 9.99. The van der Waals surface area contributed by atoms with E-state index < -0.39 is 4.92 Å². The van der Waals surface area contributed by atoms with E-state index in [1.165, 1.54) is 11.6 Å². The van der Waals surface area contributed by atoms with E-state index in [2.05, 4.69) is 27.3 Å². The molecule has 1 N–H and O–H groups in total. The predicted octanol–water partition coefficient (Wildman–Crippen LogP) is 3.81. The van der Waals surface area contributed by atoms with Crippen LogP contribution >= 0.6 is 15.9 Å². The standard InChI is InChI=1S/C19H18BrN3O3/c20-16-3-1-2-12-8-9-22(11-15(12)16)17-7-4-13(10-18(17)23(25)26)19(24)21-14-5-6-14/h1-4,7,10,14H,5-6,8-9,11H2,(H,21,24). The fourth-order valence-electron chi connectivity index (χ4n) is 3.32. The van der Waals surface area contributed by atoms with E-state index in [0.717, 1.165) is 29.3 Å². The highest BCUT2D eigenvalue weighted by Gasteiger charge is 2.28. The van der Waals surface area contributed by atoms with Crippen molar-refractivity contribution in [2.24, 2.45) is 0 Å². The first kappa shape index (κ1) is 17.0. The number of rotatable bonds is 4. The molecular formula is C19H18BrN3O3. The van der Waals surface area contributed by atoms with Gasteiger partial charge >= 0.3 is 0 Å². The van der Waals surface area contributed by atoms with Crippen LogP contribution in [0.2, 0.25) is 0 Å². The van der Waals surface area contributed by atoms with Crippen molar-refractivity contribution in [3.63, 3.8) is 0 Å². The number of anilines is 1. The minimum absolute atomic E-state index is 0.0241. The molecule has 2 aromatic rings. The summed E-state index contributed by atoms with van der Waals surface area (Å²) in [7, 11) is 0. The van der Waals surface area contributed by atoms with Crippen LogP contribution in [0, 0.1) is 10.1 Å².